The molecule has 38 heavy (non-hydrogen) atoms. The van der Waals surface area contributed by atoms with Crippen LogP contribution in [0.1, 0.15) is 24.8 Å². The summed E-state index contributed by atoms with van der Waals surface area (Å²) in [7, 11) is 1.62. The van der Waals surface area contributed by atoms with E-state index in [1.54, 1.807) is 11.1 Å². The molecule has 204 valence electrons. The van der Waals surface area contributed by atoms with Crippen LogP contribution in [-0.4, -0.2) is 50.5 Å². The number of aromatic nitrogens is 2. The Bertz CT molecular complexity index is 1340. The van der Waals surface area contributed by atoms with Crippen molar-refractivity contribution in [1.82, 2.24) is 9.55 Å². The van der Waals surface area contributed by atoms with E-state index in [-0.39, 0.29) is 40.8 Å². The van der Waals surface area contributed by atoms with Crippen LogP contribution in [0.15, 0.2) is 24.5 Å². The van der Waals surface area contributed by atoms with Crippen molar-refractivity contribution in [2.24, 2.45) is 0 Å². The van der Waals surface area contributed by atoms with Gasteiger partial charge in [-0.15, -0.1) is 0 Å². The number of carbonyl (C=O) groups is 1. The van der Waals surface area contributed by atoms with Crippen molar-refractivity contribution in [3.63, 3.8) is 0 Å². The quantitative estimate of drug-likeness (QED) is 0.216. The van der Waals surface area contributed by atoms with Gasteiger partial charge in [0.1, 0.15) is 28.8 Å². The van der Waals surface area contributed by atoms with Crippen molar-refractivity contribution in [3.8, 4) is 11.5 Å². The summed E-state index contributed by atoms with van der Waals surface area (Å²) in [6.45, 7) is 8.19. The number of carbonyl (C=O) groups excluding carboxylic acids is 1. The maximum Gasteiger partial charge on any atom is 0.329 e. The van der Waals surface area contributed by atoms with Gasteiger partial charge in [0.05, 0.1) is 26.5 Å². The van der Waals surface area contributed by atoms with E-state index < -0.39 is 13.9 Å². The van der Waals surface area contributed by atoms with Gasteiger partial charge >= 0.3 is 6.03 Å². The van der Waals surface area contributed by atoms with Crippen molar-refractivity contribution in [3.05, 3.63) is 40.9 Å². The van der Waals surface area contributed by atoms with Crippen LogP contribution in [0.2, 0.25) is 30.7 Å². The number of urea groups is 1. The molecule has 2 amide bonds. The van der Waals surface area contributed by atoms with E-state index in [0.29, 0.717) is 13.3 Å². The third-order valence-electron chi connectivity index (χ3n) is 7.33. The number of rotatable bonds is 9. The molecule has 0 saturated heterocycles. The van der Waals surface area contributed by atoms with Gasteiger partial charge < -0.3 is 18.8 Å². The topological polar surface area (TPSA) is 69.1 Å². The van der Waals surface area contributed by atoms with Gasteiger partial charge in [-0.05, 0) is 31.4 Å². The molecule has 3 heterocycles. The molecule has 3 aromatic rings. The number of pyridine rings is 1. The number of ether oxygens (including phenoxy) is 3. The zero-order valence-electron chi connectivity index (χ0n) is 22.5. The molecule has 0 bridgehead atoms. The largest absolute Gasteiger partial charge is 0.495 e. The van der Waals surface area contributed by atoms with E-state index in [1.807, 2.05) is 16.8 Å². The van der Waals surface area contributed by atoms with Crippen molar-refractivity contribution < 1.29 is 23.4 Å². The number of fused-ring (bicyclic) bond motifs is 3. The lowest BCUT2D eigenvalue weighted by Gasteiger charge is -2.44. The summed E-state index contributed by atoms with van der Waals surface area (Å²) in [5.74, 6) is -0.525. The zero-order chi connectivity index (χ0) is 27.2. The fraction of sp³-hybridized carbons (Fsp3) is 0.481. The van der Waals surface area contributed by atoms with Crippen molar-refractivity contribution >= 4 is 48.1 Å². The lowest BCUT2D eigenvalue weighted by atomic mass is 9.90. The summed E-state index contributed by atoms with van der Waals surface area (Å²) in [4.78, 5) is 22.0. The standard InChI is InChI=1S/C27H34ClFN4O4Si/c1-35-20-13-21(36-2)23(29)25(22(20)28)32-15-17-14-30-26-19(24(17)33(27(32)34)18-7-6-8-18)9-10-31(26)16-37-11-12-38(3,4)5/h9-10,13-14,18H,6-8,11-12,15-16H2,1-5H3. The number of halogens is 2. The molecular formula is C27H34ClFN4O4Si. The molecule has 8 nitrogen and oxygen atoms in total. The average Bonchev–Trinajstić information content (AvgIpc) is 3.25. The van der Waals surface area contributed by atoms with Crippen LogP contribution in [0.3, 0.4) is 0 Å². The maximum absolute atomic E-state index is 15.6. The minimum atomic E-state index is -1.19. The minimum Gasteiger partial charge on any atom is -0.495 e. The highest BCUT2D eigenvalue weighted by molar-refractivity contribution is 6.76. The van der Waals surface area contributed by atoms with Gasteiger partial charge in [-0.2, -0.15) is 0 Å². The molecule has 1 aromatic carbocycles. The first kappa shape index (κ1) is 26.8. The molecular weight excluding hydrogens is 527 g/mol. The number of hydrogen-bond acceptors (Lipinski definition) is 5. The number of hydrogen-bond donors (Lipinski definition) is 0. The average molecular weight is 561 g/mol. The van der Waals surface area contributed by atoms with Gasteiger partial charge in [-0.3, -0.25) is 9.80 Å². The van der Waals surface area contributed by atoms with Gasteiger partial charge in [-0.1, -0.05) is 31.2 Å². The highest BCUT2D eigenvalue weighted by Crippen LogP contribution is 2.47. The number of nitrogens with zero attached hydrogens (tertiary/aromatic N) is 4. The highest BCUT2D eigenvalue weighted by Gasteiger charge is 2.41. The monoisotopic (exact) mass is 560 g/mol. The number of benzene rings is 1. The van der Waals surface area contributed by atoms with E-state index in [9.17, 15) is 4.79 Å². The Labute approximate surface area is 228 Å². The summed E-state index contributed by atoms with van der Waals surface area (Å²) in [5, 5.41) is 0.901. The maximum atomic E-state index is 15.6. The first-order chi connectivity index (χ1) is 18.1. The molecule has 0 atom stereocenters. The molecule has 0 N–H and O–H groups in total. The van der Waals surface area contributed by atoms with Crippen LogP contribution in [0.5, 0.6) is 11.5 Å². The number of methoxy groups -OCH3 is 2. The second-order valence-corrected chi connectivity index (χ2v) is 17.1. The van der Waals surface area contributed by atoms with Gasteiger partial charge in [-0.25, -0.2) is 14.2 Å². The van der Waals surface area contributed by atoms with Crippen molar-refractivity contribution in [2.75, 3.05) is 30.6 Å². The Kier molecular flexibility index (Phi) is 7.32. The minimum absolute atomic E-state index is 0.0142. The zero-order valence-corrected chi connectivity index (χ0v) is 24.3. The molecule has 0 spiro atoms. The van der Waals surface area contributed by atoms with E-state index in [4.69, 9.17) is 30.8 Å². The second kappa shape index (κ2) is 10.4. The molecule has 2 aromatic heterocycles. The highest BCUT2D eigenvalue weighted by atomic mass is 35.5. The molecule has 5 rings (SSSR count). The van der Waals surface area contributed by atoms with E-state index in [1.165, 1.54) is 25.2 Å². The third kappa shape index (κ3) is 4.73. The third-order valence-corrected chi connectivity index (χ3v) is 9.40. The number of anilines is 2. The van der Waals surface area contributed by atoms with E-state index in [2.05, 4.69) is 19.6 Å². The van der Waals surface area contributed by atoms with Crippen LogP contribution < -0.4 is 19.3 Å². The van der Waals surface area contributed by atoms with Crippen LogP contribution in [0, 0.1) is 5.82 Å². The Morgan fingerprint density at radius 3 is 2.53 bits per heavy atom. The Morgan fingerprint density at radius 2 is 1.89 bits per heavy atom. The Hall–Kier alpha value is -2.82. The summed E-state index contributed by atoms with van der Waals surface area (Å²) < 4.78 is 34.1. The summed E-state index contributed by atoms with van der Waals surface area (Å²) in [6.07, 6.45) is 6.50. The molecule has 1 saturated carbocycles. The van der Waals surface area contributed by atoms with Crippen LogP contribution in [0.4, 0.5) is 20.6 Å². The Morgan fingerprint density at radius 1 is 1.16 bits per heavy atom. The summed E-state index contributed by atoms with van der Waals surface area (Å²) in [6, 6.07) is 4.14. The smallest absolute Gasteiger partial charge is 0.329 e. The van der Waals surface area contributed by atoms with Gasteiger partial charge in [0.15, 0.2) is 11.6 Å². The Balaban J connectivity index is 1.55. The van der Waals surface area contributed by atoms with Gasteiger partial charge in [0.2, 0.25) is 0 Å². The van der Waals surface area contributed by atoms with Crippen molar-refractivity contribution in [1.29, 1.82) is 0 Å². The molecule has 2 aliphatic rings. The molecule has 1 aliphatic carbocycles. The fourth-order valence-electron chi connectivity index (χ4n) is 4.94. The predicted octanol–water partition coefficient (Wildman–Crippen LogP) is 6.66. The first-order valence-electron chi connectivity index (χ1n) is 12.9. The van der Waals surface area contributed by atoms with Crippen LogP contribution in [-0.2, 0) is 18.0 Å². The predicted molar refractivity (Wildman–Crippen MR) is 150 cm³/mol. The van der Waals surface area contributed by atoms with Gasteiger partial charge in [0.25, 0.3) is 0 Å². The summed E-state index contributed by atoms with van der Waals surface area (Å²) >= 11 is 6.57. The normalized spacial score (nSPS) is 16.1. The van der Waals surface area contributed by atoms with Gasteiger partial charge in [0, 0.05) is 50.1 Å². The fourth-order valence-corrected chi connectivity index (χ4v) is 6.02. The molecule has 1 fully saturated rings. The number of amides is 2. The SMILES string of the molecule is COc1cc(OC)c(Cl)c(N2Cc3cnc4c(ccn4COCC[Si](C)(C)C)c3N(C3CCC3)C2=O)c1F. The molecule has 0 unspecified atom stereocenters. The van der Waals surface area contributed by atoms with Crippen LogP contribution in [0.25, 0.3) is 11.0 Å². The molecule has 1 aliphatic heterocycles. The lowest BCUT2D eigenvalue weighted by Crippen LogP contribution is -2.54. The van der Waals surface area contributed by atoms with Crippen LogP contribution >= 0.6 is 11.6 Å². The van der Waals surface area contributed by atoms with E-state index >= 15 is 4.39 Å². The molecule has 11 heteroatoms. The first-order valence-corrected chi connectivity index (χ1v) is 17.0. The van der Waals surface area contributed by atoms with Crippen molar-refractivity contribution in [2.45, 2.75) is 64.3 Å². The van der Waals surface area contributed by atoms with E-state index in [0.717, 1.165) is 47.6 Å². The summed E-state index contributed by atoms with van der Waals surface area (Å²) in [5.41, 5.74) is 2.35. The lowest BCUT2D eigenvalue weighted by molar-refractivity contribution is 0.0899. The molecule has 0 radical (unpaired) electrons. The second-order valence-electron chi connectivity index (χ2n) is 11.1.